The van der Waals surface area contributed by atoms with Crippen molar-refractivity contribution >= 4 is 17.3 Å². The molecule has 0 radical (unpaired) electrons. The van der Waals surface area contributed by atoms with Gasteiger partial charge in [-0.1, -0.05) is 19.8 Å². The van der Waals surface area contributed by atoms with Crippen molar-refractivity contribution in [2.75, 3.05) is 30.3 Å². The van der Waals surface area contributed by atoms with E-state index in [9.17, 15) is 4.79 Å². The number of hydrogen-bond acceptors (Lipinski definition) is 3. The Kier molecular flexibility index (Phi) is 5.48. The molecule has 0 aliphatic carbocycles. The van der Waals surface area contributed by atoms with E-state index in [0.717, 1.165) is 24.7 Å². The lowest BCUT2D eigenvalue weighted by Crippen LogP contribution is -2.34. The van der Waals surface area contributed by atoms with Gasteiger partial charge in [-0.25, -0.2) is 0 Å². The Balaban J connectivity index is 2.03. The van der Waals surface area contributed by atoms with E-state index in [4.69, 9.17) is 5.73 Å². The zero-order valence-electron chi connectivity index (χ0n) is 13.2. The minimum Gasteiger partial charge on any atom is -0.397 e. The number of nitrogens with zero attached hydrogens (tertiary/aromatic N) is 1. The van der Waals surface area contributed by atoms with Gasteiger partial charge < -0.3 is 16.0 Å². The van der Waals surface area contributed by atoms with E-state index >= 15 is 0 Å². The van der Waals surface area contributed by atoms with Crippen LogP contribution in [0.25, 0.3) is 0 Å². The fourth-order valence-corrected chi connectivity index (χ4v) is 3.12. The highest BCUT2D eigenvalue weighted by Gasteiger charge is 2.20. The summed E-state index contributed by atoms with van der Waals surface area (Å²) < 4.78 is 0. The average Bonchev–Trinajstić information content (AvgIpc) is 2.49. The summed E-state index contributed by atoms with van der Waals surface area (Å²) in [6.07, 6.45) is 5.09. The van der Waals surface area contributed by atoms with Crippen LogP contribution in [0.3, 0.4) is 0 Å². The molecule has 1 saturated heterocycles. The molecule has 0 spiro atoms. The first-order valence-corrected chi connectivity index (χ1v) is 8.08. The van der Waals surface area contributed by atoms with Gasteiger partial charge in [-0.2, -0.15) is 0 Å². The molecule has 4 nitrogen and oxygen atoms in total. The van der Waals surface area contributed by atoms with Crippen LogP contribution in [0.15, 0.2) is 18.2 Å². The molecule has 2 rings (SSSR count). The third kappa shape index (κ3) is 3.90. The van der Waals surface area contributed by atoms with Gasteiger partial charge in [0.15, 0.2) is 0 Å². The molecule has 0 unspecified atom stereocenters. The van der Waals surface area contributed by atoms with Crippen LogP contribution in [0.4, 0.5) is 11.4 Å². The smallest absolute Gasteiger partial charge is 0.251 e. The lowest BCUT2D eigenvalue weighted by atomic mass is 9.92. The summed E-state index contributed by atoms with van der Waals surface area (Å²) in [6, 6.07) is 5.65. The summed E-state index contributed by atoms with van der Waals surface area (Å²) in [5.74, 6) is 0.805. The molecule has 1 heterocycles. The highest BCUT2D eigenvalue weighted by Crippen LogP contribution is 2.30. The molecule has 0 saturated carbocycles. The van der Waals surface area contributed by atoms with Gasteiger partial charge in [0.25, 0.3) is 5.91 Å². The van der Waals surface area contributed by atoms with Crippen molar-refractivity contribution in [2.45, 2.75) is 39.5 Å². The molecular weight excluding hydrogens is 262 g/mol. The second-order valence-corrected chi connectivity index (χ2v) is 5.85. The number of carbonyl (C=O) groups excluding carboxylic acids is 1. The van der Waals surface area contributed by atoms with Crippen molar-refractivity contribution < 1.29 is 4.79 Å². The van der Waals surface area contributed by atoms with Crippen LogP contribution in [0.1, 0.15) is 49.9 Å². The number of carbonyl (C=O) groups is 1. The number of anilines is 2. The SMILES string of the molecule is CCCC1CCN(c2ccc(C(=O)NCC)cc2N)CC1. The number of hydrogen-bond donors (Lipinski definition) is 2. The van der Waals surface area contributed by atoms with Crippen molar-refractivity contribution in [2.24, 2.45) is 5.92 Å². The van der Waals surface area contributed by atoms with E-state index < -0.39 is 0 Å². The monoisotopic (exact) mass is 289 g/mol. The van der Waals surface area contributed by atoms with Crippen molar-refractivity contribution in [1.82, 2.24) is 5.32 Å². The van der Waals surface area contributed by atoms with Crippen molar-refractivity contribution in [3.8, 4) is 0 Å². The molecule has 116 valence electrons. The van der Waals surface area contributed by atoms with E-state index in [0.29, 0.717) is 17.8 Å². The number of amides is 1. The summed E-state index contributed by atoms with van der Waals surface area (Å²) in [5, 5.41) is 2.80. The Hall–Kier alpha value is -1.71. The largest absolute Gasteiger partial charge is 0.397 e. The maximum atomic E-state index is 11.8. The van der Waals surface area contributed by atoms with E-state index in [1.54, 1.807) is 6.07 Å². The van der Waals surface area contributed by atoms with Gasteiger partial charge in [-0.05, 0) is 43.9 Å². The van der Waals surface area contributed by atoms with Crippen molar-refractivity contribution in [3.63, 3.8) is 0 Å². The molecule has 1 amide bonds. The number of piperidine rings is 1. The molecular formula is C17H27N3O. The van der Waals surface area contributed by atoms with E-state index in [2.05, 4.69) is 17.1 Å². The van der Waals surface area contributed by atoms with Gasteiger partial charge in [-0.15, -0.1) is 0 Å². The Morgan fingerprint density at radius 3 is 2.62 bits per heavy atom. The quantitative estimate of drug-likeness (QED) is 0.819. The zero-order chi connectivity index (χ0) is 15.2. The molecule has 0 atom stereocenters. The second-order valence-electron chi connectivity index (χ2n) is 5.85. The summed E-state index contributed by atoms with van der Waals surface area (Å²) in [4.78, 5) is 14.2. The van der Waals surface area contributed by atoms with E-state index in [1.807, 2.05) is 19.1 Å². The third-order valence-electron chi connectivity index (χ3n) is 4.28. The molecule has 0 bridgehead atoms. The molecule has 1 aliphatic heterocycles. The minimum atomic E-state index is -0.0580. The highest BCUT2D eigenvalue weighted by molar-refractivity contribution is 5.96. The van der Waals surface area contributed by atoms with Gasteiger partial charge in [-0.3, -0.25) is 4.79 Å². The fourth-order valence-electron chi connectivity index (χ4n) is 3.12. The number of nitrogens with one attached hydrogen (secondary N) is 1. The van der Waals surface area contributed by atoms with Crippen LogP contribution in [0.2, 0.25) is 0 Å². The number of nitrogen functional groups attached to an aromatic ring is 1. The summed E-state index contributed by atoms with van der Waals surface area (Å²) in [7, 11) is 0. The lowest BCUT2D eigenvalue weighted by Gasteiger charge is -2.34. The Labute approximate surface area is 127 Å². The van der Waals surface area contributed by atoms with Gasteiger partial charge in [0.1, 0.15) is 0 Å². The Morgan fingerprint density at radius 2 is 2.05 bits per heavy atom. The van der Waals surface area contributed by atoms with Crippen LogP contribution in [0.5, 0.6) is 0 Å². The van der Waals surface area contributed by atoms with E-state index in [-0.39, 0.29) is 5.91 Å². The molecule has 1 aromatic rings. The Bertz CT molecular complexity index is 479. The van der Waals surface area contributed by atoms with Crippen LogP contribution < -0.4 is 16.0 Å². The number of rotatable bonds is 5. The van der Waals surface area contributed by atoms with Gasteiger partial charge in [0.05, 0.1) is 11.4 Å². The Morgan fingerprint density at radius 1 is 1.33 bits per heavy atom. The summed E-state index contributed by atoms with van der Waals surface area (Å²) >= 11 is 0. The topological polar surface area (TPSA) is 58.4 Å². The maximum Gasteiger partial charge on any atom is 0.251 e. The number of nitrogens with two attached hydrogens (primary N) is 1. The van der Waals surface area contributed by atoms with Crippen molar-refractivity contribution in [3.05, 3.63) is 23.8 Å². The van der Waals surface area contributed by atoms with Gasteiger partial charge >= 0.3 is 0 Å². The fraction of sp³-hybridized carbons (Fsp3) is 0.588. The standard InChI is InChI=1S/C17H27N3O/c1-3-5-13-8-10-20(11-9-13)16-7-6-14(12-15(16)18)17(21)19-4-2/h6-7,12-13H,3-5,8-11,18H2,1-2H3,(H,19,21). The molecule has 1 aliphatic rings. The third-order valence-corrected chi connectivity index (χ3v) is 4.28. The van der Waals surface area contributed by atoms with Crippen LogP contribution in [-0.4, -0.2) is 25.5 Å². The van der Waals surface area contributed by atoms with Crippen LogP contribution in [-0.2, 0) is 0 Å². The summed E-state index contributed by atoms with van der Waals surface area (Å²) in [5.41, 5.74) is 8.56. The lowest BCUT2D eigenvalue weighted by molar-refractivity contribution is 0.0956. The van der Waals surface area contributed by atoms with Crippen LogP contribution >= 0.6 is 0 Å². The normalized spacial score (nSPS) is 16.0. The first kappa shape index (κ1) is 15.7. The first-order chi connectivity index (χ1) is 10.2. The summed E-state index contributed by atoms with van der Waals surface area (Å²) in [6.45, 7) is 6.93. The van der Waals surface area contributed by atoms with Crippen molar-refractivity contribution in [1.29, 1.82) is 0 Å². The zero-order valence-corrected chi connectivity index (χ0v) is 13.2. The van der Waals surface area contributed by atoms with Crippen LogP contribution in [0, 0.1) is 5.92 Å². The number of benzene rings is 1. The predicted octanol–water partition coefficient (Wildman–Crippen LogP) is 3.04. The average molecular weight is 289 g/mol. The minimum absolute atomic E-state index is 0.0580. The maximum absolute atomic E-state index is 11.8. The second kappa shape index (κ2) is 7.34. The highest BCUT2D eigenvalue weighted by atomic mass is 16.1. The van der Waals surface area contributed by atoms with E-state index in [1.165, 1.54) is 25.7 Å². The molecule has 4 heteroatoms. The predicted molar refractivity (Wildman–Crippen MR) is 88.7 cm³/mol. The molecule has 1 aromatic carbocycles. The molecule has 3 N–H and O–H groups in total. The first-order valence-electron chi connectivity index (χ1n) is 8.08. The molecule has 21 heavy (non-hydrogen) atoms. The van der Waals surface area contributed by atoms with Gasteiger partial charge in [0, 0.05) is 25.2 Å². The van der Waals surface area contributed by atoms with Gasteiger partial charge in [0.2, 0.25) is 0 Å². The molecule has 0 aromatic heterocycles. The molecule has 1 fully saturated rings.